The maximum atomic E-state index is 13.4. The van der Waals surface area contributed by atoms with Crippen LogP contribution >= 0.6 is 0 Å². The summed E-state index contributed by atoms with van der Waals surface area (Å²) in [4.78, 5) is 22.6. The Balaban J connectivity index is 0.000000226. The minimum Gasteiger partial charge on any atom is -0.494 e. The summed E-state index contributed by atoms with van der Waals surface area (Å²) in [5.41, 5.74) is -1.82. The number of halogens is 8. The monoisotopic (exact) mass is 1130 g/mol. The first kappa shape index (κ1) is 57.4. The molecule has 0 amide bonds. The average Bonchev–Trinajstić information content (AvgIpc) is 4.14. The number of rotatable bonds is 18. The number of hydrogen-bond acceptors (Lipinski definition) is 18. The van der Waals surface area contributed by atoms with Crippen molar-refractivity contribution in [2.45, 2.75) is 61.0 Å². The lowest BCUT2D eigenvalue weighted by Crippen LogP contribution is -2.24. The largest absolute Gasteiger partial charge is 0.494 e. The van der Waals surface area contributed by atoms with Crippen LogP contribution in [0.25, 0.3) is 34.2 Å². The zero-order valence-electron chi connectivity index (χ0n) is 41.7. The minimum absolute atomic E-state index is 0.0679. The number of para-hydroxylation sites is 2. The van der Waals surface area contributed by atoms with Crippen LogP contribution in [0.1, 0.15) is 48.3 Å². The van der Waals surface area contributed by atoms with E-state index in [4.69, 9.17) is 18.9 Å². The highest BCUT2D eigenvalue weighted by Crippen LogP contribution is 2.40. The van der Waals surface area contributed by atoms with Gasteiger partial charge < -0.3 is 18.9 Å². The molecule has 2 atom stereocenters. The predicted octanol–water partition coefficient (Wildman–Crippen LogP) is 7.68. The second-order valence-corrected chi connectivity index (χ2v) is 21.6. The standard InChI is InChI=1S/2C24H22F4N6O4S/c2*1-14(7-20-30-11-17(25)12-31-20)39(35,36)13-21-32-33-23(15-8-16(10-29-9-15)24(26,27)28)34(21)22-18(37-2)5-4-6-19(22)38-3/h2*4-6,8-12,14H,7,13H2,1-3H3/t2*14-/m10/s1. The number of aromatic nitrogens is 12. The van der Waals surface area contributed by atoms with Crippen LogP contribution in [0.4, 0.5) is 35.1 Å². The van der Waals surface area contributed by atoms with Crippen molar-refractivity contribution in [2.75, 3.05) is 28.4 Å². The molecule has 412 valence electrons. The lowest BCUT2D eigenvalue weighted by Gasteiger charge is -2.18. The molecular weight excluding hydrogens is 1090 g/mol. The van der Waals surface area contributed by atoms with Gasteiger partial charge in [-0.15, -0.1) is 20.4 Å². The number of pyridine rings is 2. The number of sulfone groups is 2. The van der Waals surface area contributed by atoms with Gasteiger partial charge in [-0.3, -0.25) is 19.1 Å². The first-order valence-electron chi connectivity index (χ1n) is 22.6. The lowest BCUT2D eigenvalue weighted by atomic mass is 10.1. The van der Waals surface area contributed by atoms with E-state index in [0.717, 1.165) is 49.3 Å². The Morgan fingerprint density at radius 1 is 0.500 bits per heavy atom. The van der Waals surface area contributed by atoms with Crippen LogP contribution in [0, 0.1) is 11.6 Å². The average molecular weight is 1130 g/mol. The first-order chi connectivity index (χ1) is 36.9. The van der Waals surface area contributed by atoms with Gasteiger partial charge in [-0.05, 0) is 50.2 Å². The van der Waals surface area contributed by atoms with E-state index in [9.17, 15) is 52.0 Å². The molecule has 78 heavy (non-hydrogen) atoms. The topological polar surface area (TPSA) is 244 Å². The Kier molecular flexibility index (Phi) is 17.3. The van der Waals surface area contributed by atoms with Gasteiger partial charge in [0, 0.05) is 48.8 Å². The molecule has 2 aromatic carbocycles. The number of nitrogens with zero attached hydrogens (tertiary/aromatic N) is 12. The lowest BCUT2D eigenvalue weighted by molar-refractivity contribution is -0.138. The molecule has 0 unspecified atom stereocenters. The van der Waals surface area contributed by atoms with Crippen molar-refractivity contribution in [3.8, 4) is 57.1 Å². The summed E-state index contributed by atoms with van der Waals surface area (Å²) in [6, 6.07) is 11.2. The molecule has 20 nitrogen and oxygen atoms in total. The van der Waals surface area contributed by atoms with E-state index in [-0.39, 0.29) is 93.3 Å². The Hall–Kier alpha value is -8.28. The van der Waals surface area contributed by atoms with Crippen molar-refractivity contribution in [1.82, 2.24) is 59.4 Å². The smallest absolute Gasteiger partial charge is 0.417 e. The Labute approximate surface area is 439 Å². The van der Waals surface area contributed by atoms with E-state index >= 15 is 0 Å². The van der Waals surface area contributed by atoms with Crippen molar-refractivity contribution in [2.24, 2.45) is 0 Å². The van der Waals surface area contributed by atoms with Crippen molar-refractivity contribution in [1.29, 1.82) is 0 Å². The van der Waals surface area contributed by atoms with Crippen LogP contribution < -0.4 is 18.9 Å². The molecule has 6 heterocycles. The molecule has 6 aromatic heterocycles. The maximum Gasteiger partial charge on any atom is 0.417 e. The van der Waals surface area contributed by atoms with Crippen LogP contribution in [0.5, 0.6) is 23.0 Å². The van der Waals surface area contributed by atoms with Crippen LogP contribution in [0.15, 0.2) is 98.1 Å². The van der Waals surface area contributed by atoms with E-state index in [1.807, 2.05) is 0 Å². The van der Waals surface area contributed by atoms with E-state index in [2.05, 4.69) is 50.3 Å². The molecule has 0 aliphatic rings. The zero-order chi connectivity index (χ0) is 56.7. The van der Waals surface area contributed by atoms with Gasteiger partial charge in [-0.2, -0.15) is 26.3 Å². The molecule has 0 radical (unpaired) electrons. The van der Waals surface area contributed by atoms with Crippen molar-refractivity contribution >= 4 is 19.7 Å². The van der Waals surface area contributed by atoms with Gasteiger partial charge in [0.15, 0.2) is 54.6 Å². The summed E-state index contributed by atoms with van der Waals surface area (Å²) in [6.45, 7) is 2.87. The molecule has 30 heteroatoms. The number of hydrogen-bond donors (Lipinski definition) is 0. The maximum absolute atomic E-state index is 13.4. The third-order valence-corrected chi connectivity index (χ3v) is 15.6. The van der Waals surface area contributed by atoms with Crippen molar-refractivity contribution in [3.63, 3.8) is 0 Å². The van der Waals surface area contributed by atoms with Gasteiger partial charge in [0.05, 0.1) is 74.9 Å². The summed E-state index contributed by atoms with van der Waals surface area (Å²) in [6.07, 6.45) is -2.21. The quantitative estimate of drug-likeness (QED) is 0.0748. The summed E-state index contributed by atoms with van der Waals surface area (Å²) < 4.78 is 185. The zero-order valence-corrected chi connectivity index (χ0v) is 43.3. The molecule has 8 rings (SSSR count). The molecule has 0 aliphatic heterocycles. The summed E-state index contributed by atoms with van der Waals surface area (Å²) in [5, 5.41) is 14.1. The second-order valence-electron chi connectivity index (χ2n) is 16.8. The molecule has 8 aromatic rings. The van der Waals surface area contributed by atoms with E-state index in [1.54, 1.807) is 36.4 Å². The fraction of sp³-hybridized carbons (Fsp3) is 0.292. The van der Waals surface area contributed by atoms with Gasteiger partial charge in [-0.1, -0.05) is 12.1 Å². The summed E-state index contributed by atoms with van der Waals surface area (Å²) >= 11 is 0. The Morgan fingerprint density at radius 3 is 1.12 bits per heavy atom. The van der Waals surface area contributed by atoms with Crippen molar-refractivity contribution < 1.29 is 70.9 Å². The van der Waals surface area contributed by atoms with Gasteiger partial charge in [-0.25, -0.2) is 45.6 Å². The first-order valence-corrected chi connectivity index (χ1v) is 26.0. The Bertz CT molecular complexity index is 3350. The molecule has 0 spiro atoms. The summed E-state index contributed by atoms with van der Waals surface area (Å²) in [7, 11) is -2.45. The third kappa shape index (κ3) is 13.1. The highest BCUT2D eigenvalue weighted by molar-refractivity contribution is 7.91. The SMILES string of the molecule is COc1cccc(OC)c1-n1c(CS(=O)(=O)[C@@H](C)Cc2ncc(F)cn2)nnc1-c1cncc(C(F)(F)F)c1.COc1cccc(OC)c1-n1c(CS(=O)(=O)[C@H](C)Cc2ncc(F)cn2)nnc1-c1cncc(C(F)(F)F)c1. The number of methoxy groups -OCH3 is 4. The molecule has 0 N–H and O–H groups in total. The van der Waals surface area contributed by atoms with Crippen LogP contribution in [0.2, 0.25) is 0 Å². The number of ether oxygens (including phenoxy) is 4. The number of alkyl halides is 6. The van der Waals surface area contributed by atoms with Crippen LogP contribution in [0.3, 0.4) is 0 Å². The van der Waals surface area contributed by atoms with Gasteiger partial charge in [0.2, 0.25) is 0 Å². The van der Waals surface area contributed by atoms with Gasteiger partial charge >= 0.3 is 12.4 Å². The molecular formula is C48H44F8N12O8S2. The van der Waals surface area contributed by atoms with Gasteiger partial charge in [0.25, 0.3) is 0 Å². The van der Waals surface area contributed by atoms with E-state index in [1.165, 1.54) is 51.4 Å². The van der Waals surface area contributed by atoms with E-state index in [0.29, 0.717) is 12.4 Å². The molecule has 0 saturated heterocycles. The Morgan fingerprint density at radius 2 is 0.821 bits per heavy atom. The van der Waals surface area contributed by atoms with Crippen molar-refractivity contribution in [3.05, 3.63) is 144 Å². The number of benzene rings is 2. The summed E-state index contributed by atoms with van der Waals surface area (Å²) in [5.74, 6) is -1.96. The normalized spacial score (nSPS) is 12.8. The fourth-order valence-electron chi connectivity index (χ4n) is 7.50. The highest BCUT2D eigenvalue weighted by atomic mass is 32.2. The van der Waals surface area contributed by atoms with Crippen LogP contribution in [-0.2, 0) is 56.4 Å². The molecule has 0 aliphatic carbocycles. The second kappa shape index (κ2) is 23.5. The van der Waals surface area contributed by atoms with Gasteiger partial charge in [0.1, 0.15) is 57.5 Å². The third-order valence-electron chi connectivity index (χ3n) is 11.5. The predicted molar refractivity (Wildman–Crippen MR) is 261 cm³/mol. The molecule has 0 bridgehead atoms. The van der Waals surface area contributed by atoms with E-state index < -0.39 is 76.8 Å². The fourth-order valence-corrected chi connectivity index (χ4v) is 9.97. The molecule has 0 saturated carbocycles. The molecule has 0 fully saturated rings. The highest BCUT2D eigenvalue weighted by Gasteiger charge is 2.35. The minimum atomic E-state index is -4.68. The van der Waals surface area contributed by atoms with Crippen LogP contribution in [-0.4, -0.2) is 115 Å².